The second-order valence-corrected chi connectivity index (χ2v) is 6.91. The molecular weight excluding hydrogens is 315 g/mol. The Morgan fingerprint density at radius 3 is 2.20 bits per heavy atom. The summed E-state index contributed by atoms with van der Waals surface area (Å²) in [4.78, 5) is 12.7. The van der Waals surface area contributed by atoms with Gasteiger partial charge in [0.2, 0.25) is 5.91 Å². The molecule has 2 aromatic rings. The van der Waals surface area contributed by atoms with Gasteiger partial charge in [-0.2, -0.15) is 0 Å². The van der Waals surface area contributed by atoms with Crippen molar-refractivity contribution in [1.82, 2.24) is 5.32 Å². The number of rotatable bonds is 7. The van der Waals surface area contributed by atoms with Gasteiger partial charge >= 0.3 is 0 Å². The van der Waals surface area contributed by atoms with Gasteiger partial charge in [-0.3, -0.25) is 4.79 Å². The van der Waals surface area contributed by atoms with Gasteiger partial charge < -0.3 is 11.1 Å². The SMILES string of the molecule is CC(C)C(Cc1ccc(F)cc1)NC(=O)C(C)C(N)c1ccccc1. The highest BCUT2D eigenvalue weighted by Gasteiger charge is 2.25. The fourth-order valence-electron chi connectivity index (χ4n) is 2.77. The number of carbonyl (C=O) groups is 1. The second-order valence-electron chi connectivity index (χ2n) is 6.91. The first-order valence-corrected chi connectivity index (χ1v) is 8.74. The van der Waals surface area contributed by atoms with Crippen LogP contribution in [0.2, 0.25) is 0 Å². The number of nitrogens with one attached hydrogen (secondary N) is 1. The first kappa shape index (κ1) is 19.1. The maximum atomic E-state index is 13.1. The quantitative estimate of drug-likeness (QED) is 0.803. The van der Waals surface area contributed by atoms with E-state index in [0.717, 1.165) is 11.1 Å². The average Bonchev–Trinajstić information content (AvgIpc) is 2.62. The average molecular weight is 342 g/mol. The molecule has 0 saturated carbocycles. The Hall–Kier alpha value is -2.20. The molecule has 0 heterocycles. The highest BCUT2D eigenvalue weighted by Crippen LogP contribution is 2.20. The summed E-state index contributed by atoms with van der Waals surface area (Å²) in [6.07, 6.45) is 0.664. The molecule has 2 rings (SSSR count). The lowest BCUT2D eigenvalue weighted by Crippen LogP contribution is -2.44. The highest BCUT2D eigenvalue weighted by molar-refractivity contribution is 5.79. The van der Waals surface area contributed by atoms with E-state index in [-0.39, 0.29) is 35.6 Å². The van der Waals surface area contributed by atoms with E-state index in [1.807, 2.05) is 37.3 Å². The summed E-state index contributed by atoms with van der Waals surface area (Å²) in [5.74, 6) is -0.389. The summed E-state index contributed by atoms with van der Waals surface area (Å²) < 4.78 is 13.1. The Kier molecular flexibility index (Phi) is 6.71. The van der Waals surface area contributed by atoms with Crippen molar-refractivity contribution in [2.24, 2.45) is 17.6 Å². The van der Waals surface area contributed by atoms with E-state index in [0.29, 0.717) is 6.42 Å². The number of hydrogen-bond donors (Lipinski definition) is 2. The fourth-order valence-corrected chi connectivity index (χ4v) is 2.77. The molecule has 0 spiro atoms. The van der Waals surface area contributed by atoms with Gasteiger partial charge in [-0.1, -0.05) is 63.2 Å². The smallest absolute Gasteiger partial charge is 0.224 e. The van der Waals surface area contributed by atoms with E-state index >= 15 is 0 Å². The molecule has 0 aliphatic heterocycles. The molecule has 2 aromatic carbocycles. The lowest BCUT2D eigenvalue weighted by Gasteiger charge is -2.26. The predicted molar refractivity (Wildman–Crippen MR) is 99.4 cm³/mol. The molecule has 4 heteroatoms. The third-order valence-corrected chi connectivity index (χ3v) is 4.64. The van der Waals surface area contributed by atoms with E-state index in [1.54, 1.807) is 12.1 Å². The molecule has 0 aliphatic rings. The number of carbonyl (C=O) groups excluding carboxylic acids is 1. The van der Waals surface area contributed by atoms with Crippen LogP contribution < -0.4 is 11.1 Å². The highest BCUT2D eigenvalue weighted by atomic mass is 19.1. The summed E-state index contributed by atoms with van der Waals surface area (Å²) in [5, 5.41) is 3.12. The molecule has 3 nitrogen and oxygen atoms in total. The third-order valence-electron chi connectivity index (χ3n) is 4.64. The molecule has 3 unspecified atom stereocenters. The Bertz CT molecular complexity index is 670. The molecule has 25 heavy (non-hydrogen) atoms. The molecular formula is C21H27FN2O. The topological polar surface area (TPSA) is 55.1 Å². The van der Waals surface area contributed by atoms with Gasteiger partial charge in [0, 0.05) is 12.1 Å². The van der Waals surface area contributed by atoms with Crippen molar-refractivity contribution in [2.45, 2.75) is 39.3 Å². The monoisotopic (exact) mass is 342 g/mol. The Morgan fingerprint density at radius 1 is 1.04 bits per heavy atom. The Morgan fingerprint density at radius 2 is 1.64 bits per heavy atom. The molecule has 0 radical (unpaired) electrons. The van der Waals surface area contributed by atoms with Crippen LogP contribution in [0.1, 0.15) is 37.9 Å². The lowest BCUT2D eigenvalue weighted by atomic mass is 9.92. The second kappa shape index (κ2) is 8.77. The van der Waals surface area contributed by atoms with Gasteiger partial charge in [0.15, 0.2) is 0 Å². The van der Waals surface area contributed by atoms with Crippen LogP contribution in [0.15, 0.2) is 54.6 Å². The zero-order chi connectivity index (χ0) is 18.4. The molecule has 3 N–H and O–H groups in total. The third kappa shape index (κ3) is 5.40. The van der Waals surface area contributed by atoms with E-state index in [9.17, 15) is 9.18 Å². The standard InChI is InChI=1S/C21H27FN2O/c1-14(2)19(13-16-9-11-18(22)12-10-16)24-21(25)15(3)20(23)17-7-5-4-6-8-17/h4-12,14-15,19-20H,13,23H2,1-3H3,(H,24,25). The minimum atomic E-state index is -0.347. The van der Waals surface area contributed by atoms with Crippen LogP contribution in [-0.2, 0) is 11.2 Å². The molecule has 0 bridgehead atoms. The van der Waals surface area contributed by atoms with Gasteiger partial charge in [-0.15, -0.1) is 0 Å². The zero-order valence-electron chi connectivity index (χ0n) is 15.1. The molecule has 0 aliphatic carbocycles. The van der Waals surface area contributed by atoms with Crippen LogP contribution >= 0.6 is 0 Å². The van der Waals surface area contributed by atoms with Crippen LogP contribution in [0.3, 0.4) is 0 Å². The fraction of sp³-hybridized carbons (Fsp3) is 0.381. The summed E-state index contributed by atoms with van der Waals surface area (Å²) in [6, 6.07) is 15.7. The summed E-state index contributed by atoms with van der Waals surface area (Å²) in [7, 11) is 0. The van der Waals surface area contributed by atoms with Crippen LogP contribution in [-0.4, -0.2) is 11.9 Å². The van der Waals surface area contributed by atoms with Crippen molar-refractivity contribution in [3.63, 3.8) is 0 Å². The van der Waals surface area contributed by atoms with Gasteiger partial charge in [0.1, 0.15) is 5.82 Å². The normalized spacial score (nSPS) is 14.8. The van der Waals surface area contributed by atoms with Crippen molar-refractivity contribution in [1.29, 1.82) is 0 Å². The van der Waals surface area contributed by atoms with Crippen molar-refractivity contribution in [2.75, 3.05) is 0 Å². The first-order valence-electron chi connectivity index (χ1n) is 8.74. The minimum Gasteiger partial charge on any atom is -0.352 e. The summed E-state index contributed by atoms with van der Waals surface area (Å²) in [5.41, 5.74) is 8.21. The molecule has 134 valence electrons. The Labute approximate surface area is 149 Å². The van der Waals surface area contributed by atoms with Gasteiger partial charge in [0.25, 0.3) is 0 Å². The largest absolute Gasteiger partial charge is 0.352 e. The van der Waals surface area contributed by atoms with Crippen LogP contribution in [0.4, 0.5) is 4.39 Å². The van der Waals surface area contributed by atoms with Gasteiger partial charge in [0.05, 0.1) is 5.92 Å². The van der Waals surface area contributed by atoms with Crippen LogP contribution in [0.25, 0.3) is 0 Å². The lowest BCUT2D eigenvalue weighted by molar-refractivity contribution is -0.126. The molecule has 0 fully saturated rings. The number of amides is 1. The number of halogens is 1. The van der Waals surface area contributed by atoms with Crippen molar-refractivity contribution >= 4 is 5.91 Å². The predicted octanol–water partition coefficient (Wildman–Crippen LogP) is 3.85. The maximum Gasteiger partial charge on any atom is 0.224 e. The Balaban J connectivity index is 2.02. The van der Waals surface area contributed by atoms with Crippen LogP contribution in [0, 0.1) is 17.7 Å². The van der Waals surface area contributed by atoms with Crippen molar-refractivity contribution in [3.05, 3.63) is 71.5 Å². The van der Waals surface area contributed by atoms with E-state index in [4.69, 9.17) is 5.73 Å². The molecule has 1 amide bonds. The number of benzene rings is 2. The first-order chi connectivity index (χ1) is 11.9. The van der Waals surface area contributed by atoms with Crippen molar-refractivity contribution < 1.29 is 9.18 Å². The maximum absolute atomic E-state index is 13.1. The van der Waals surface area contributed by atoms with E-state index in [1.165, 1.54) is 12.1 Å². The summed E-state index contributed by atoms with van der Waals surface area (Å²) in [6.45, 7) is 5.98. The zero-order valence-corrected chi connectivity index (χ0v) is 15.1. The van der Waals surface area contributed by atoms with E-state index < -0.39 is 0 Å². The number of nitrogens with two attached hydrogens (primary N) is 1. The van der Waals surface area contributed by atoms with Crippen LogP contribution in [0.5, 0.6) is 0 Å². The molecule has 0 saturated heterocycles. The number of hydrogen-bond acceptors (Lipinski definition) is 2. The molecule has 3 atom stereocenters. The molecule has 0 aromatic heterocycles. The van der Waals surface area contributed by atoms with Crippen molar-refractivity contribution in [3.8, 4) is 0 Å². The minimum absolute atomic E-state index is 0.0246. The van der Waals surface area contributed by atoms with Gasteiger partial charge in [-0.25, -0.2) is 4.39 Å². The summed E-state index contributed by atoms with van der Waals surface area (Å²) >= 11 is 0. The van der Waals surface area contributed by atoms with E-state index in [2.05, 4.69) is 19.2 Å². The van der Waals surface area contributed by atoms with Gasteiger partial charge in [-0.05, 0) is 35.6 Å².